The van der Waals surface area contributed by atoms with Gasteiger partial charge < -0.3 is 4.74 Å². The van der Waals surface area contributed by atoms with Crippen LogP contribution >= 0.6 is 0 Å². The van der Waals surface area contributed by atoms with Crippen LogP contribution in [-0.4, -0.2) is 6.10 Å². The highest BCUT2D eigenvalue weighted by Gasteiger charge is 2.19. The Labute approximate surface area is 79.7 Å². The molecule has 1 aromatic rings. The molecular formula is C12H16O. The maximum atomic E-state index is 5.84. The van der Waals surface area contributed by atoms with Crippen LogP contribution in [0.15, 0.2) is 18.2 Å². The lowest BCUT2D eigenvalue weighted by Gasteiger charge is -2.27. The largest absolute Gasteiger partial charge is 0.490 e. The molecule has 70 valence electrons. The van der Waals surface area contributed by atoms with Gasteiger partial charge in [-0.1, -0.05) is 17.7 Å². The maximum absolute atomic E-state index is 5.84. The van der Waals surface area contributed by atoms with Gasteiger partial charge in [-0.05, 0) is 44.7 Å². The molecule has 0 atom stereocenters. The molecule has 0 heterocycles. The molecule has 0 aromatic heterocycles. The lowest BCUT2D eigenvalue weighted by molar-refractivity contribution is 0.119. The summed E-state index contributed by atoms with van der Waals surface area (Å²) < 4.78 is 5.84. The van der Waals surface area contributed by atoms with E-state index in [9.17, 15) is 0 Å². The second kappa shape index (κ2) is 3.41. The van der Waals surface area contributed by atoms with Crippen molar-refractivity contribution >= 4 is 0 Å². The van der Waals surface area contributed by atoms with Crippen molar-refractivity contribution in [2.45, 2.75) is 39.2 Å². The van der Waals surface area contributed by atoms with E-state index >= 15 is 0 Å². The zero-order chi connectivity index (χ0) is 9.26. The van der Waals surface area contributed by atoms with Crippen molar-refractivity contribution in [3.63, 3.8) is 0 Å². The van der Waals surface area contributed by atoms with Gasteiger partial charge in [0, 0.05) is 0 Å². The van der Waals surface area contributed by atoms with E-state index in [0.717, 1.165) is 5.75 Å². The lowest BCUT2D eigenvalue weighted by Crippen LogP contribution is -2.24. The molecule has 0 N–H and O–H groups in total. The van der Waals surface area contributed by atoms with Crippen molar-refractivity contribution in [1.82, 2.24) is 0 Å². The minimum atomic E-state index is 0.487. The molecule has 1 nitrogen and oxygen atoms in total. The Morgan fingerprint density at radius 3 is 2.54 bits per heavy atom. The van der Waals surface area contributed by atoms with Gasteiger partial charge in [0.15, 0.2) is 0 Å². The van der Waals surface area contributed by atoms with Crippen LogP contribution < -0.4 is 4.74 Å². The first kappa shape index (κ1) is 8.61. The van der Waals surface area contributed by atoms with Gasteiger partial charge in [-0.2, -0.15) is 0 Å². The van der Waals surface area contributed by atoms with E-state index in [-0.39, 0.29) is 0 Å². The van der Waals surface area contributed by atoms with Crippen molar-refractivity contribution in [3.8, 4) is 5.75 Å². The van der Waals surface area contributed by atoms with E-state index in [1.54, 1.807) is 0 Å². The molecule has 1 aliphatic carbocycles. The van der Waals surface area contributed by atoms with Crippen LogP contribution in [0.25, 0.3) is 0 Å². The molecule has 0 unspecified atom stereocenters. The molecule has 2 rings (SSSR count). The fraction of sp³-hybridized carbons (Fsp3) is 0.500. The lowest BCUT2D eigenvalue weighted by atomic mass is 9.96. The van der Waals surface area contributed by atoms with Crippen molar-refractivity contribution in [1.29, 1.82) is 0 Å². The zero-order valence-electron chi connectivity index (χ0n) is 8.34. The minimum absolute atomic E-state index is 0.487. The number of hydrogen-bond acceptors (Lipinski definition) is 1. The molecule has 0 aliphatic heterocycles. The summed E-state index contributed by atoms with van der Waals surface area (Å²) in [6, 6.07) is 6.37. The minimum Gasteiger partial charge on any atom is -0.490 e. The summed E-state index contributed by atoms with van der Waals surface area (Å²) in [6.45, 7) is 4.22. The van der Waals surface area contributed by atoms with Crippen LogP contribution in [0.4, 0.5) is 0 Å². The van der Waals surface area contributed by atoms with Gasteiger partial charge in [-0.25, -0.2) is 0 Å². The average Bonchev–Trinajstić information content (AvgIpc) is 1.99. The first-order chi connectivity index (χ1) is 6.25. The van der Waals surface area contributed by atoms with Gasteiger partial charge >= 0.3 is 0 Å². The summed E-state index contributed by atoms with van der Waals surface area (Å²) >= 11 is 0. The zero-order valence-corrected chi connectivity index (χ0v) is 8.34. The van der Waals surface area contributed by atoms with Gasteiger partial charge in [0.2, 0.25) is 0 Å². The van der Waals surface area contributed by atoms with Crippen LogP contribution in [0.3, 0.4) is 0 Å². The van der Waals surface area contributed by atoms with Crippen LogP contribution in [0.2, 0.25) is 0 Å². The SMILES string of the molecule is Cc1ccc(OC2CCC2)c(C)c1. The maximum Gasteiger partial charge on any atom is 0.122 e. The van der Waals surface area contributed by atoms with Crippen LogP contribution in [0.5, 0.6) is 5.75 Å². The first-order valence-corrected chi connectivity index (χ1v) is 4.99. The Kier molecular flexibility index (Phi) is 2.26. The second-order valence-electron chi connectivity index (χ2n) is 3.94. The Hall–Kier alpha value is -0.980. The van der Waals surface area contributed by atoms with Gasteiger partial charge in [-0.15, -0.1) is 0 Å². The smallest absolute Gasteiger partial charge is 0.122 e. The number of aryl methyl sites for hydroxylation is 2. The van der Waals surface area contributed by atoms with Crippen LogP contribution in [0, 0.1) is 13.8 Å². The Morgan fingerprint density at radius 1 is 1.23 bits per heavy atom. The van der Waals surface area contributed by atoms with E-state index < -0.39 is 0 Å². The third-order valence-corrected chi connectivity index (χ3v) is 2.68. The third kappa shape index (κ3) is 1.85. The quantitative estimate of drug-likeness (QED) is 0.672. The molecule has 1 saturated carbocycles. The summed E-state index contributed by atoms with van der Waals surface area (Å²) in [4.78, 5) is 0. The normalized spacial score (nSPS) is 16.8. The summed E-state index contributed by atoms with van der Waals surface area (Å²) in [6.07, 6.45) is 4.28. The van der Waals surface area contributed by atoms with E-state index in [0.29, 0.717) is 6.10 Å². The predicted octanol–water partition coefficient (Wildman–Crippen LogP) is 3.23. The predicted molar refractivity (Wildman–Crippen MR) is 54.2 cm³/mol. The van der Waals surface area contributed by atoms with Crippen molar-refractivity contribution in [2.75, 3.05) is 0 Å². The first-order valence-electron chi connectivity index (χ1n) is 4.99. The summed E-state index contributed by atoms with van der Waals surface area (Å²) in [5, 5.41) is 0. The molecular weight excluding hydrogens is 160 g/mol. The standard InChI is InChI=1S/C12H16O/c1-9-6-7-12(10(2)8-9)13-11-4-3-5-11/h6-8,11H,3-5H2,1-2H3. The molecule has 0 radical (unpaired) electrons. The number of hydrogen-bond donors (Lipinski definition) is 0. The van der Waals surface area contributed by atoms with Crippen molar-refractivity contribution in [3.05, 3.63) is 29.3 Å². The molecule has 0 bridgehead atoms. The number of benzene rings is 1. The highest BCUT2D eigenvalue weighted by Crippen LogP contribution is 2.27. The molecule has 0 amide bonds. The topological polar surface area (TPSA) is 9.23 Å². The highest BCUT2D eigenvalue weighted by molar-refractivity contribution is 5.35. The van der Waals surface area contributed by atoms with Crippen LogP contribution in [0.1, 0.15) is 30.4 Å². The van der Waals surface area contributed by atoms with Crippen molar-refractivity contribution < 1.29 is 4.74 Å². The Bertz CT molecular complexity index is 300. The number of ether oxygens (including phenoxy) is 1. The summed E-state index contributed by atoms with van der Waals surface area (Å²) in [5.74, 6) is 1.07. The monoisotopic (exact) mass is 176 g/mol. The number of rotatable bonds is 2. The molecule has 1 heteroatoms. The highest BCUT2D eigenvalue weighted by atomic mass is 16.5. The molecule has 1 fully saturated rings. The van der Waals surface area contributed by atoms with E-state index in [1.807, 2.05) is 0 Å². The third-order valence-electron chi connectivity index (χ3n) is 2.68. The molecule has 1 aliphatic rings. The van der Waals surface area contributed by atoms with Crippen molar-refractivity contribution in [2.24, 2.45) is 0 Å². The van der Waals surface area contributed by atoms with Gasteiger partial charge in [0.05, 0.1) is 6.10 Å². The fourth-order valence-electron chi connectivity index (χ4n) is 1.60. The molecule has 0 spiro atoms. The molecule has 1 aromatic carbocycles. The van der Waals surface area contributed by atoms with E-state index in [4.69, 9.17) is 4.74 Å². The van der Waals surface area contributed by atoms with Crippen LogP contribution in [-0.2, 0) is 0 Å². The van der Waals surface area contributed by atoms with Gasteiger partial charge in [0.25, 0.3) is 0 Å². The average molecular weight is 176 g/mol. The summed E-state index contributed by atoms with van der Waals surface area (Å²) in [5.41, 5.74) is 2.56. The molecule has 13 heavy (non-hydrogen) atoms. The second-order valence-corrected chi connectivity index (χ2v) is 3.94. The Morgan fingerprint density at radius 2 is 2.00 bits per heavy atom. The Balaban J connectivity index is 2.10. The van der Waals surface area contributed by atoms with Gasteiger partial charge in [-0.3, -0.25) is 0 Å². The summed E-state index contributed by atoms with van der Waals surface area (Å²) in [7, 11) is 0. The fourth-order valence-corrected chi connectivity index (χ4v) is 1.60. The van der Waals surface area contributed by atoms with E-state index in [2.05, 4.69) is 32.0 Å². The molecule has 0 saturated heterocycles. The van der Waals surface area contributed by atoms with E-state index in [1.165, 1.54) is 30.4 Å². The van der Waals surface area contributed by atoms with Gasteiger partial charge in [0.1, 0.15) is 5.75 Å².